The Labute approximate surface area is 110 Å². The van der Waals surface area contributed by atoms with E-state index < -0.39 is 0 Å². The van der Waals surface area contributed by atoms with Crippen LogP contribution in [-0.2, 0) is 11.3 Å². The van der Waals surface area contributed by atoms with Gasteiger partial charge in [-0.1, -0.05) is 30.3 Å². The molecule has 1 saturated heterocycles. The molecule has 1 aliphatic heterocycles. The SMILES string of the molecule is NCCCN(Cc1ccccc1)CC1CCOC1. The van der Waals surface area contributed by atoms with Gasteiger partial charge in [0.15, 0.2) is 0 Å². The Kier molecular flexibility index (Phi) is 5.65. The second kappa shape index (κ2) is 7.52. The average Bonchev–Trinajstić information content (AvgIpc) is 2.90. The summed E-state index contributed by atoms with van der Waals surface area (Å²) in [4.78, 5) is 2.52. The molecule has 0 amide bonds. The molecule has 3 nitrogen and oxygen atoms in total. The zero-order chi connectivity index (χ0) is 12.6. The topological polar surface area (TPSA) is 38.5 Å². The average molecular weight is 248 g/mol. The lowest BCUT2D eigenvalue weighted by atomic mass is 10.1. The van der Waals surface area contributed by atoms with Gasteiger partial charge in [0, 0.05) is 19.7 Å². The summed E-state index contributed by atoms with van der Waals surface area (Å²) < 4.78 is 5.46. The minimum Gasteiger partial charge on any atom is -0.381 e. The van der Waals surface area contributed by atoms with E-state index in [1.165, 1.54) is 12.0 Å². The first-order valence-electron chi connectivity index (χ1n) is 6.92. The Morgan fingerprint density at radius 1 is 1.28 bits per heavy atom. The summed E-state index contributed by atoms with van der Waals surface area (Å²) in [5.74, 6) is 0.700. The highest BCUT2D eigenvalue weighted by Crippen LogP contribution is 2.15. The molecule has 0 aliphatic carbocycles. The zero-order valence-corrected chi connectivity index (χ0v) is 11.1. The van der Waals surface area contributed by atoms with Crippen molar-refractivity contribution in [3.8, 4) is 0 Å². The molecule has 1 aromatic rings. The Balaban J connectivity index is 1.87. The summed E-state index contributed by atoms with van der Waals surface area (Å²) in [6.45, 7) is 5.87. The van der Waals surface area contributed by atoms with Crippen LogP contribution in [0.1, 0.15) is 18.4 Å². The number of hydrogen-bond acceptors (Lipinski definition) is 3. The Hall–Kier alpha value is -0.900. The highest BCUT2D eigenvalue weighted by molar-refractivity contribution is 5.14. The van der Waals surface area contributed by atoms with Crippen LogP contribution in [0.2, 0.25) is 0 Å². The lowest BCUT2D eigenvalue weighted by Crippen LogP contribution is -2.31. The van der Waals surface area contributed by atoms with Crippen LogP contribution in [0.5, 0.6) is 0 Å². The summed E-state index contributed by atoms with van der Waals surface area (Å²) in [6.07, 6.45) is 2.27. The molecular formula is C15H24N2O. The molecule has 100 valence electrons. The second-order valence-corrected chi connectivity index (χ2v) is 5.09. The van der Waals surface area contributed by atoms with Crippen molar-refractivity contribution in [3.63, 3.8) is 0 Å². The van der Waals surface area contributed by atoms with Crippen LogP contribution in [0.25, 0.3) is 0 Å². The maximum atomic E-state index is 5.63. The van der Waals surface area contributed by atoms with Gasteiger partial charge in [-0.05, 0) is 37.4 Å². The summed E-state index contributed by atoms with van der Waals surface area (Å²) in [7, 11) is 0. The van der Waals surface area contributed by atoms with Crippen molar-refractivity contribution < 1.29 is 4.74 Å². The van der Waals surface area contributed by atoms with Crippen LogP contribution in [0.4, 0.5) is 0 Å². The van der Waals surface area contributed by atoms with Crippen molar-refractivity contribution in [2.24, 2.45) is 11.7 Å². The number of hydrogen-bond donors (Lipinski definition) is 1. The number of rotatable bonds is 7. The predicted octanol–water partition coefficient (Wildman–Crippen LogP) is 1.87. The second-order valence-electron chi connectivity index (χ2n) is 5.09. The van der Waals surface area contributed by atoms with E-state index >= 15 is 0 Å². The Morgan fingerprint density at radius 2 is 2.11 bits per heavy atom. The Bertz CT molecular complexity index is 323. The van der Waals surface area contributed by atoms with Gasteiger partial charge in [0.1, 0.15) is 0 Å². The molecule has 1 aromatic carbocycles. The van der Waals surface area contributed by atoms with Gasteiger partial charge < -0.3 is 10.5 Å². The van der Waals surface area contributed by atoms with Crippen LogP contribution < -0.4 is 5.73 Å². The van der Waals surface area contributed by atoms with E-state index in [0.29, 0.717) is 5.92 Å². The van der Waals surface area contributed by atoms with E-state index in [1.807, 2.05) is 0 Å². The smallest absolute Gasteiger partial charge is 0.0507 e. The summed E-state index contributed by atoms with van der Waals surface area (Å²) in [5.41, 5.74) is 7.01. The third-order valence-electron chi connectivity index (χ3n) is 3.47. The van der Waals surface area contributed by atoms with Crippen molar-refractivity contribution >= 4 is 0 Å². The Morgan fingerprint density at radius 3 is 2.78 bits per heavy atom. The van der Waals surface area contributed by atoms with E-state index in [9.17, 15) is 0 Å². The van der Waals surface area contributed by atoms with Crippen molar-refractivity contribution in [2.75, 3.05) is 32.8 Å². The molecule has 18 heavy (non-hydrogen) atoms. The van der Waals surface area contributed by atoms with Gasteiger partial charge in [-0.25, -0.2) is 0 Å². The number of benzene rings is 1. The molecule has 1 fully saturated rings. The monoisotopic (exact) mass is 248 g/mol. The van der Waals surface area contributed by atoms with Crippen LogP contribution in [-0.4, -0.2) is 37.7 Å². The largest absolute Gasteiger partial charge is 0.381 e. The van der Waals surface area contributed by atoms with E-state index in [-0.39, 0.29) is 0 Å². The normalized spacial score (nSPS) is 19.6. The fraction of sp³-hybridized carbons (Fsp3) is 0.600. The van der Waals surface area contributed by atoms with Gasteiger partial charge in [-0.3, -0.25) is 4.90 Å². The lowest BCUT2D eigenvalue weighted by molar-refractivity contribution is 0.164. The molecule has 0 bridgehead atoms. The maximum absolute atomic E-state index is 5.63. The molecule has 1 atom stereocenters. The predicted molar refractivity (Wildman–Crippen MR) is 74.3 cm³/mol. The first-order chi connectivity index (χ1) is 8.88. The van der Waals surface area contributed by atoms with E-state index in [2.05, 4.69) is 35.2 Å². The van der Waals surface area contributed by atoms with Gasteiger partial charge in [-0.2, -0.15) is 0 Å². The quantitative estimate of drug-likeness (QED) is 0.800. The van der Waals surface area contributed by atoms with Gasteiger partial charge in [-0.15, -0.1) is 0 Å². The summed E-state index contributed by atoms with van der Waals surface area (Å²) in [6, 6.07) is 10.7. The van der Waals surface area contributed by atoms with Gasteiger partial charge in [0.2, 0.25) is 0 Å². The first-order valence-corrected chi connectivity index (χ1v) is 6.92. The molecule has 0 radical (unpaired) electrons. The third kappa shape index (κ3) is 4.41. The third-order valence-corrected chi connectivity index (χ3v) is 3.47. The van der Waals surface area contributed by atoms with Gasteiger partial charge >= 0.3 is 0 Å². The minimum atomic E-state index is 0.700. The molecule has 1 heterocycles. The standard InChI is InChI=1S/C15H24N2O/c16-8-4-9-17(12-15-7-10-18-13-15)11-14-5-2-1-3-6-14/h1-3,5-6,15H,4,7-13,16H2. The molecule has 2 N–H and O–H groups in total. The van der Waals surface area contributed by atoms with Crippen molar-refractivity contribution in [2.45, 2.75) is 19.4 Å². The highest BCUT2D eigenvalue weighted by atomic mass is 16.5. The van der Waals surface area contributed by atoms with Crippen molar-refractivity contribution in [1.82, 2.24) is 4.90 Å². The van der Waals surface area contributed by atoms with E-state index in [0.717, 1.165) is 45.8 Å². The van der Waals surface area contributed by atoms with E-state index in [1.54, 1.807) is 0 Å². The summed E-state index contributed by atoms with van der Waals surface area (Å²) in [5, 5.41) is 0. The van der Waals surface area contributed by atoms with Crippen LogP contribution in [0.3, 0.4) is 0 Å². The van der Waals surface area contributed by atoms with Crippen molar-refractivity contribution in [3.05, 3.63) is 35.9 Å². The van der Waals surface area contributed by atoms with Crippen LogP contribution in [0, 0.1) is 5.92 Å². The van der Waals surface area contributed by atoms with Gasteiger partial charge in [0.25, 0.3) is 0 Å². The number of nitrogens with zero attached hydrogens (tertiary/aromatic N) is 1. The first kappa shape index (κ1) is 13.5. The number of nitrogens with two attached hydrogens (primary N) is 1. The minimum absolute atomic E-state index is 0.700. The van der Waals surface area contributed by atoms with Crippen LogP contribution >= 0.6 is 0 Å². The molecule has 2 rings (SSSR count). The van der Waals surface area contributed by atoms with Gasteiger partial charge in [0.05, 0.1) is 6.61 Å². The molecule has 0 aromatic heterocycles. The maximum Gasteiger partial charge on any atom is 0.0507 e. The highest BCUT2D eigenvalue weighted by Gasteiger charge is 2.19. The summed E-state index contributed by atoms with van der Waals surface area (Å²) >= 11 is 0. The molecule has 0 saturated carbocycles. The molecule has 0 spiro atoms. The molecule has 1 aliphatic rings. The lowest BCUT2D eigenvalue weighted by Gasteiger charge is -2.24. The zero-order valence-electron chi connectivity index (χ0n) is 11.1. The molecular weight excluding hydrogens is 224 g/mol. The van der Waals surface area contributed by atoms with Crippen LogP contribution in [0.15, 0.2) is 30.3 Å². The van der Waals surface area contributed by atoms with E-state index in [4.69, 9.17) is 10.5 Å². The fourth-order valence-electron chi connectivity index (χ4n) is 2.48. The number of ether oxygens (including phenoxy) is 1. The molecule has 3 heteroatoms. The fourth-order valence-corrected chi connectivity index (χ4v) is 2.48. The van der Waals surface area contributed by atoms with Crippen molar-refractivity contribution in [1.29, 1.82) is 0 Å². The molecule has 1 unspecified atom stereocenters.